The summed E-state index contributed by atoms with van der Waals surface area (Å²) < 4.78 is 15.0. The molecule has 1 unspecified atom stereocenters. The number of carbonyl (C=O) groups excluding carboxylic acids is 1. The van der Waals surface area contributed by atoms with E-state index >= 15 is 0 Å². The number of rotatable bonds is 2. The van der Waals surface area contributed by atoms with Gasteiger partial charge in [-0.25, -0.2) is 4.79 Å². The van der Waals surface area contributed by atoms with E-state index in [9.17, 15) is 9.59 Å². The van der Waals surface area contributed by atoms with Crippen LogP contribution in [-0.4, -0.2) is 98.1 Å². The van der Waals surface area contributed by atoms with E-state index in [1.54, 1.807) is 18.2 Å². The molecule has 0 saturated carbocycles. The first kappa shape index (κ1) is 30.8. The van der Waals surface area contributed by atoms with Gasteiger partial charge in [0, 0.05) is 69.6 Å². The molecule has 212 valence electrons. The van der Waals surface area contributed by atoms with Crippen LogP contribution in [0.1, 0.15) is 54.8 Å². The smallest absolute Gasteiger partial charge is 0.335 e. The van der Waals surface area contributed by atoms with Crippen molar-refractivity contribution in [3.8, 4) is 0 Å². The van der Waals surface area contributed by atoms with Crippen molar-refractivity contribution in [2.24, 2.45) is 0 Å². The van der Waals surface area contributed by atoms with Crippen LogP contribution in [0.3, 0.4) is 0 Å². The third-order valence-electron chi connectivity index (χ3n) is 5.94. The number of hydrogen-bond donors (Lipinski definition) is 2. The predicted molar refractivity (Wildman–Crippen MR) is 164 cm³/mol. The summed E-state index contributed by atoms with van der Waals surface area (Å²) in [6.07, 6.45) is 0.639. The maximum atomic E-state index is 12.3. The zero-order chi connectivity index (χ0) is 30.2. The number of halogens is 2. The van der Waals surface area contributed by atoms with Crippen molar-refractivity contribution in [3.05, 3.63) is 67.6 Å². The number of amides is 1. The fraction of sp³-hybridized carbons (Fsp3) is 0.517. The van der Waals surface area contributed by atoms with Gasteiger partial charge in [0.25, 0.3) is 5.91 Å². The van der Waals surface area contributed by atoms with Gasteiger partial charge in [0.1, 0.15) is 0 Å². The Hall–Kier alpha value is -1.78. The number of nitrogens with one attached hydrogen (secondary N) is 1. The zero-order valence-corrected chi connectivity index (χ0v) is 26.4. The lowest BCUT2D eigenvalue weighted by Crippen LogP contribution is -2.47. The van der Waals surface area contributed by atoms with Crippen LogP contribution in [0.15, 0.2) is 45.3 Å². The van der Waals surface area contributed by atoms with E-state index in [-0.39, 0.29) is 5.91 Å². The van der Waals surface area contributed by atoms with Crippen LogP contribution in [0, 0.1) is 13.8 Å². The number of benzene rings is 2. The van der Waals surface area contributed by atoms with E-state index in [2.05, 4.69) is 61.1 Å². The van der Waals surface area contributed by atoms with Crippen molar-refractivity contribution in [1.29, 1.82) is 0 Å². The number of carboxylic acid groups (broad SMARTS) is 1. The number of carbonyl (C=O) groups is 2. The average Bonchev–Trinajstić information content (AvgIpc) is 2.93. The molecular formula is C29H44Br2N4O3. The molecule has 4 rings (SSSR count). The van der Waals surface area contributed by atoms with Crippen LogP contribution in [-0.2, 0) is 0 Å². The third kappa shape index (κ3) is 12.8. The maximum absolute atomic E-state index is 12.3. The van der Waals surface area contributed by atoms with Crippen molar-refractivity contribution in [3.63, 3.8) is 0 Å². The van der Waals surface area contributed by atoms with E-state index in [0.29, 0.717) is 12.0 Å². The number of aromatic carboxylic acids is 1. The Morgan fingerprint density at radius 1 is 0.921 bits per heavy atom. The van der Waals surface area contributed by atoms with Crippen molar-refractivity contribution >= 4 is 43.7 Å². The lowest BCUT2D eigenvalue weighted by Gasteiger charge is -2.32. The number of nitrogens with zero attached hydrogens (tertiary/aromatic N) is 3. The summed E-state index contributed by atoms with van der Waals surface area (Å²) in [5, 5.41) is 11.9. The molecule has 0 radical (unpaired) electrons. The quantitative estimate of drug-likeness (QED) is 0.442. The maximum Gasteiger partial charge on any atom is 0.335 e. The molecule has 0 bridgehead atoms. The molecule has 0 aliphatic carbocycles. The first-order chi connectivity index (χ1) is 18.8. The van der Waals surface area contributed by atoms with E-state index in [0.717, 1.165) is 64.9 Å². The number of hydrogen-bond acceptors (Lipinski definition) is 5. The Morgan fingerprint density at radius 3 is 1.76 bits per heavy atom. The highest BCUT2D eigenvalue weighted by Gasteiger charge is 2.20. The second kappa shape index (κ2) is 18.5. The van der Waals surface area contributed by atoms with E-state index in [1.807, 2.05) is 43.9 Å². The van der Waals surface area contributed by atoms with Crippen molar-refractivity contribution in [2.45, 2.75) is 34.1 Å². The van der Waals surface area contributed by atoms with Crippen LogP contribution in [0.25, 0.3) is 0 Å². The summed E-state index contributed by atoms with van der Waals surface area (Å²) in [6, 6.07) is 10.7. The minimum atomic E-state index is -0.888. The molecule has 2 aromatic carbocycles. The van der Waals surface area contributed by atoms with Gasteiger partial charge in [-0.05, 0) is 75.5 Å². The van der Waals surface area contributed by atoms with Crippen molar-refractivity contribution in [2.75, 3.05) is 66.5 Å². The molecule has 2 aromatic rings. The molecule has 2 aliphatic rings. The summed E-state index contributed by atoms with van der Waals surface area (Å²) in [5.74, 6) is -0.741. The molecular weight excluding hydrogens is 612 g/mol. The normalized spacial score (nSPS) is 17.2. The minimum Gasteiger partial charge on any atom is -0.478 e. The Morgan fingerprint density at radius 2 is 1.37 bits per heavy atom. The van der Waals surface area contributed by atoms with Gasteiger partial charge in [-0.1, -0.05) is 52.1 Å². The fourth-order valence-corrected chi connectivity index (χ4v) is 4.02. The summed E-state index contributed by atoms with van der Waals surface area (Å²) >= 11 is 6.74. The summed E-state index contributed by atoms with van der Waals surface area (Å²) in [7, 11) is 4.24. The largest absolute Gasteiger partial charge is 0.478 e. The van der Waals surface area contributed by atoms with Crippen LogP contribution < -0.4 is 5.32 Å². The standard InChI is InChI=1S/C13H17BrN2O.C8H7BrO2.C5H12N2.C3H8/c1-10-9-11(3-4-12(10)14)13(17)16-7-5-15(2)6-8-16;1-5-4-6(8(10)11)2-3-7(5)9;1-7-4-2-6-3-5-7;1-3-2/h3-4,9H,5-8H2,1-2H3;2-4H,1H3,(H,10,11);6H,2-5H2,1H3;3H2,1-2H3/i;;;1TD. The van der Waals surface area contributed by atoms with Gasteiger partial charge in [0.2, 0.25) is 0 Å². The second-order valence-corrected chi connectivity index (χ2v) is 11.0. The number of carboxylic acids is 1. The monoisotopic (exact) mass is 657 g/mol. The fourth-order valence-electron chi connectivity index (χ4n) is 3.52. The van der Waals surface area contributed by atoms with Gasteiger partial charge in [-0.2, -0.15) is 0 Å². The molecule has 9 heteroatoms. The molecule has 1 amide bonds. The van der Waals surface area contributed by atoms with E-state index in [4.69, 9.17) is 7.85 Å². The molecule has 2 aliphatic heterocycles. The van der Waals surface area contributed by atoms with E-state index < -0.39 is 12.8 Å². The Labute approximate surface area is 248 Å². The lowest BCUT2D eigenvalue weighted by atomic mass is 10.1. The summed E-state index contributed by atoms with van der Waals surface area (Å²) in [6.45, 7) is 13.4. The number of aryl methyl sites for hydroxylation is 2. The first-order valence-electron chi connectivity index (χ1n) is 14.0. The number of piperazine rings is 2. The molecule has 7 nitrogen and oxygen atoms in total. The molecule has 1 atom stereocenters. The van der Waals surface area contributed by atoms with Crippen LogP contribution in [0.5, 0.6) is 0 Å². The molecule has 0 spiro atoms. The molecule has 2 saturated heterocycles. The first-order valence-corrected chi connectivity index (χ1v) is 14.4. The topological polar surface area (TPSA) is 76.1 Å². The molecule has 0 aromatic heterocycles. The Balaban J connectivity index is 0.000000298. The van der Waals surface area contributed by atoms with Gasteiger partial charge >= 0.3 is 5.97 Å². The van der Waals surface area contributed by atoms with Crippen molar-refractivity contribution < 1.29 is 17.4 Å². The highest BCUT2D eigenvalue weighted by molar-refractivity contribution is 9.10. The minimum absolute atomic E-state index is 0.147. The predicted octanol–water partition coefficient (Wildman–Crippen LogP) is 5.54. The SMILES string of the molecule is CN1CCNCC1.Cc1cc(C(=O)N2CCN(C)CC2)ccc1Br.Cc1cc(C(=O)O)ccc1Br.[2H]C([3H])CC. The van der Waals surface area contributed by atoms with Crippen LogP contribution in [0.2, 0.25) is 0 Å². The lowest BCUT2D eigenvalue weighted by molar-refractivity contribution is 0.0662. The van der Waals surface area contributed by atoms with Gasteiger partial charge in [-0.15, -0.1) is 0 Å². The molecule has 2 fully saturated rings. The van der Waals surface area contributed by atoms with Crippen LogP contribution >= 0.6 is 31.9 Å². The Bertz CT molecular complexity index is 1060. The number of likely N-dealkylation sites (N-methyl/N-ethyl adjacent to an activating group) is 2. The molecule has 38 heavy (non-hydrogen) atoms. The summed E-state index contributed by atoms with van der Waals surface area (Å²) in [5.41, 5.74) is 3.15. The average molecular weight is 660 g/mol. The Kier molecular flexibility index (Phi) is 15.0. The van der Waals surface area contributed by atoms with Gasteiger partial charge in [0.05, 0.1) is 5.56 Å². The van der Waals surface area contributed by atoms with Crippen molar-refractivity contribution in [1.82, 2.24) is 20.0 Å². The van der Waals surface area contributed by atoms with Gasteiger partial charge < -0.3 is 25.1 Å². The highest BCUT2D eigenvalue weighted by atomic mass is 79.9. The second-order valence-electron chi connectivity index (χ2n) is 9.29. The highest BCUT2D eigenvalue weighted by Crippen LogP contribution is 2.19. The van der Waals surface area contributed by atoms with Crippen LogP contribution in [0.4, 0.5) is 0 Å². The van der Waals surface area contributed by atoms with Gasteiger partial charge in [-0.3, -0.25) is 4.79 Å². The van der Waals surface area contributed by atoms with Gasteiger partial charge in [0.15, 0.2) is 0 Å². The zero-order valence-electron chi connectivity index (χ0n) is 25.3. The molecule has 2 N–H and O–H groups in total. The third-order valence-corrected chi connectivity index (χ3v) is 7.72. The van der Waals surface area contributed by atoms with E-state index in [1.165, 1.54) is 13.1 Å². The summed E-state index contributed by atoms with van der Waals surface area (Å²) in [4.78, 5) is 29.2. The molecule has 2 heterocycles.